The molecule has 0 aliphatic heterocycles. The molecule has 41 heavy (non-hydrogen) atoms. The smallest absolute Gasteiger partial charge is 0.243 e. The SMILES string of the molecule is COc1ccc(-c2cn(-c3ccc(OC)c(OC)c3)c(NC(=O)CN(C(C)C)S(=O)(=O)c3ccc(Cl)cc3)n2)cc1. The zero-order valence-electron chi connectivity index (χ0n) is 23.3. The number of halogens is 1. The van der Waals surface area contributed by atoms with Crippen LogP contribution in [0.2, 0.25) is 5.02 Å². The van der Waals surface area contributed by atoms with Gasteiger partial charge in [0.25, 0.3) is 0 Å². The zero-order valence-corrected chi connectivity index (χ0v) is 24.9. The van der Waals surface area contributed by atoms with Crippen LogP contribution in [0.1, 0.15) is 13.8 Å². The number of benzene rings is 3. The molecule has 4 aromatic rings. The van der Waals surface area contributed by atoms with E-state index in [0.29, 0.717) is 33.7 Å². The Morgan fingerprint density at radius 1 is 0.951 bits per heavy atom. The van der Waals surface area contributed by atoms with E-state index in [1.165, 1.54) is 31.4 Å². The van der Waals surface area contributed by atoms with Crippen molar-refractivity contribution >= 4 is 33.5 Å². The van der Waals surface area contributed by atoms with Gasteiger partial charge in [0, 0.05) is 28.9 Å². The van der Waals surface area contributed by atoms with E-state index in [-0.39, 0.29) is 10.8 Å². The Labute approximate surface area is 244 Å². The van der Waals surface area contributed by atoms with Crippen LogP contribution < -0.4 is 19.5 Å². The van der Waals surface area contributed by atoms with Crippen molar-refractivity contribution in [1.29, 1.82) is 0 Å². The highest BCUT2D eigenvalue weighted by atomic mass is 35.5. The van der Waals surface area contributed by atoms with Crippen LogP contribution in [0.15, 0.2) is 77.8 Å². The fourth-order valence-electron chi connectivity index (χ4n) is 4.13. The first-order valence-electron chi connectivity index (χ1n) is 12.6. The van der Waals surface area contributed by atoms with Gasteiger partial charge in [0.05, 0.1) is 44.2 Å². The van der Waals surface area contributed by atoms with E-state index in [0.717, 1.165) is 9.87 Å². The van der Waals surface area contributed by atoms with Crippen LogP contribution in [0.25, 0.3) is 16.9 Å². The second kappa shape index (κ2) is 12.6. The van der Waals surface area contributed by atoms with Gasteiger partial charge < -0.3 is 14.2 Å². The highest BCUT2D eigenvalue weighted by molar-refractivity contribution is 7.89. The van der Waals surface area contributed by atoms with Gasteiger partial charge in [-0.1, -0.05) is 11.6 Å². The topological polar surface area (TPSA) is 112 Å². The van der Waals surface area contributed by atoms with Crippen LogP contribution in [-0.2, 0) is 14.8 Å². The lowest BCUT2D eigenvalue weighted by atomic mass is 10.1. The molecule has 0 saturated carbocycles. The molecule has 0 spiro atoms. The number of amides is 1. The second-order valence-electron chi connectivity index (χ2n) is 9.23. The highest BCUT2D eigenvalue weighted by Gasteiger charge is 2.29. The van der Waals surface area contributed by atoms with Gasteiger partial charge >= 0.3 is 0 Å². The lowest BCUT2D eigenvalue weighted by Crippen LogP contribution is -2.42. The summed E-state index contributed by atoms with van der Waals surface area (Å²) < 4.78 is 45.6. The largest absolute Gasteiger partial charge is 0.497 e. The first kappa shape index (κ1) is 29.9. The summed E-state index contributed by atoms with van der Waals surface area (Å²) in [5, 5.41) is 3.20. The predicted molar refractivity (Wildman–Crippen MR) is 158 cm³/mol. The summed E-state index contributed by atoms with van der Waals surface area (Å²) >= 11 is 5.94. The Morgan fingerprint density at radius 3 is 2.20 bits per heavy atom. The zero-order chi connectivity index (χ0) is 29.7. The van der Waals surface area contributed by atoms with E-state index in [1.54, 1.807) is 57.0 Å². The minimum atomic E-state index is -3.98. The number of rotatable bonds is 11. The molecular weight excluding hydrogens is 568 g/mol. The monoisotopic (exact) mass is 598 g/mol. The number of anilines is 1. The van der Waals surface area contributed by atoms with Crippen molar-refractivity contribution in [2.45, 2.75) is 24.8 Å². The van der Waals surface area contributed by atoms with E-state index >= 15 is 0 Å². The Bertz CT molecular complexity index is 1620. The van der Waals surface area contributed by atoms with Crippen molar-refractivity contribution in [2.75, 3.05) is 33.2 Å². The van der Waals surface area contributed by atoms with Gasteiger partial charge in [-0.3, -0.25) is 14.7 Å². The standard InChI is InChI=1S/C29H31ClN4O6S/c1-19(2)34(41(36,37)24-13-8-21(30)9-14-24)18-28(35)32-29-31-25(20-6-11-23(38-3)12-7-20)17-33(29)22-10-15-26(39-4)27(16-22)40-5/h6-17,19H,18H2,1-5H3,(H,31,32,35). The third kappa shape index (κ3) is 6.64. The lowest BCUT2D eigenvalue weighted by molar-refractivity contribution is -0.116. The average molecular weight is 599 g/mol. The molecule has 10 nitrogen and oxygen atoms in total. The molecule has 1 aromatic heterocycles. The maximum Gasteiger partial charge on any atom is 0.243 e. The van der Waals surface area contributed by atoms with Crippen LogP contribution in [0.3, 0.4) is 0 Å². The number of hydrogen-bond donors (Lipinski definition) is 1. The molecule has 1 heterocycles. The molecule has 0 aliphatic carbocycles. The number of sulfonamides is 1. The lowest BCUT2D eigenvalue weighted by Gasteiger charge is -2.25. The van der Waals surface area contributed by atoms with Gasteiger partial charge in [-0.2, -0.15) is 4.31 Å². The normalized spacial score (nSPS) is 11.5. The van der Waals surface area contributed by atoms with Crippen molar-refractivity contribution in [1.82, 2.24) is 13.9 Å². The molecular formula is C29H31ClN4O6S. The van der Waals surface area contributed by atoms with Gasteiger partial charge in [0.2, 0.25) is 21.9 Å². The Kier molecular flexibility index (Phi) is 9.21. The van der Waals surface area contributed by atoms with Crippen molar-refractivity contribution in [2.24, 2.45) is 0 Å². The van der Waals surface area contributed by atoms with Gasteiger partial charge in [0.1, 0.15) is 5.75 Å². The molecule has 0 unspecified atom stereocenters. The molecule has 0 radical (unpaired) electrons. The molecule has 0 fully saturated rings. The molecule has 3 aromatic carbocycles. The Balaban J connectivity index is 1.70. The van der Waals surface area contributed by atoms with Crippen molar-refractivity contribution < 1.29 is 27.4 Å². The quantitative estimate of drug-likeness (QED) is 0.251. The molecule has 0 atom stereocenters. The minimum Gasteiger partial charge on any atom is -0.497 e. The van der Waals surface area contributed by atoms with E-state index in [1.807, 2.05) is 24.3 Å². The van der Waals surface area contributed by atoms with E-state index in [4.69, 9.17) is 25.8 Å². The molecule has 1 N–H and O–H groups in total. The number of hydrogen-bond acceptors (Lipinski definition) is 7. The number of methoxy groups -OCH3 is 3. The van der Waals surface area contributed by atoms with Gasteiger partial charge in [-0.05, 0) is 74.5 Å². The number of nitrogens with zero attached hydrogens (tertiary/aromatic N) is 3. The summed E-state index contributed by atoms with van der Waals surface area (Å²) in [7, 11) is 0.675. The van der Waals surface area contributed by atoms with Crippen molar-refractivity contribution in [3.05, 3.63) is 77.9 Å². The fraction of sp³-hybridized carbons (Fsp3) is 0.241. The summed E-state index contributed by atoms with van der Waals surface area (Å²) in [6, 6.07) is 17.9. The molecule has 0 bridgehead atoms. The number of carbonyl (C=O) groups excluding carboxylic acids is 1. The van der Waals surface area contributed by atoms with Crippen LogP contribution >= 0.6 is 11.6 Å². The summed E-state index contributed by atoms with van der Waals surface area (Å²) in [6.07, 6.45) is 1.77. The van der Waals surface area contributed by atoms with Crippen LogP contribution in [-0.4, -0.2) is 62.1 Å². The summed E-state index contributed by atoms with van der Waals surface area (Å²) in [4.78, 5) is 18.0. The Hall–Kier alpha value is -4.06. The van der Waals surface area contributed by atoms with Gasteiger partial charge in [0.15, 0.2) is 11.5 Å². The van der Waals surface area contributed by atoms with Gasteiger partial charge in [-0.15, -0.1) is 0 Å². The van der Waals surface area contributed by atoms with Crippen LogP contribution in [0.5, 0.6) is 17.2 Å². The average Bonchev–Trinajstić information content (AvgIpc) is 3.39. The number of aromatic nitrogens is 2. The third-order valence-electron chi connectivity index (χ3n) is 6.28. The summed E-state index contributed by atoms with van der Waals surface area (Å²) in [5.41, 5.74) is 2.00. The molecule has 1 amide bonds. The summed E-state index contributed by atoms with van der Waals surface area (Å²) in [6.45, 7) is 2.97. The number of carbonyl (C=O) groups is 1. The minimum absolute atomic E-state index is 0.0389. The fourth-order valence-corrected chi connectivity index (χ4v) is 5.85. The van der Waals surface area contributed by atoms with E-state index < -0.39 is 28.5 Å². The molecule has 12 heteroatoms. The molecule has 4 rings (SSSR count). The predicted octanol–water partition coefficient (Wildman–Crippen LogP) is 5.26. The maximum absolute atomic E-state index is 13.4. The molecule has 216 valence electrons. The number of ether oxygens (including phenoxy) is 3. The van der Waals surface area contributed by atoms with Crippen LogP contribution in [0, 0.1) is 0 Å². The highest BCUT2D eigenvalue weighted by Crippen LogP contribution is 2.32. The molecule has 0 aliphatic rings. The van der Waals surface area contributed by atoms with E-state index in [9.17, 15) is 13.2 Å². The van der Waals surface area contributed by atoms with Crippen molar-refractivity contribution in [3.8, 4) is 34.2 Å². The number of imidazole rings is 1. The molecule has 0 saturated heterocycles. The summed E-state index contributed by atoms with van der Waals surface area (Å²) in [5.74, 6) is 1.35. The number of nitrogens with one attached hydrogen (secondary N) is 1. The second-order valence-corrected chi connectivity index (χ2v) is 11.6. The van der Waals surface area contributed by atoms with Gasteiger partial charge in [-0.25, -0.2) is 13.4 Å². The first-order valence-corrected chi connectivity index (χ1v) is 14.4. The van der Waals surface area contributed by atoms with Crippen molar-refractivity contribution in [3.63, 3.8) is 0 Å². The third-order valence-corrected chi connectivity index (χ3v) is 8.57. The first-order chi connectivity index (χ1) is 19.6. The van der Waals surface area contributed by atoms with E-state index in [2.05, 4.69) is 10.3 Å². The Morgan fingerprint density at radius 2 is 1.61 bits per heavy atom. The van der Waals surface area contributed by atoms with Crippen LogP contribution in [0.4, 0.5) is 5.95 Å². The maximum atomic E-state index is 13.4.